The van der Waals surface area contributed by atoms with Crippen molar-refractivity contribution in [1.29, 1.82) is 0 Å². The molecule has 1 amide bonds. The molecule has 1 fully saturated rings. The summed E-state index contributed by atoms with van der Waals surface area (Å²) in [6, 6.07) is 11.9. The monoisotopic (exact) mass is 345 g/mol. The Balaban J connectivity index is 1.67. The van der Waals surface area contributed by atoms with Gasteiger partial charge in [0, 0.05) is 38.1 Å². The largest absolute Gasteiger partial charge is 0.336 e. The Morgan fingerprint density at radius 1 is 1.00 bits per heavy atom. The standard InChI is InChI=1S/C17H19N3O3S/c1-14-7-8-15(13-18-14)17(21)19-9-11-20(12-10-19)24(22,23)16-5-3-2-4-6-16/h2-8,13H,9-12H2,1H3. The highest BCUT2D eigenvalue weighted by molar-refractivity contribution is 7.89. The quantitative estimate of drug-likeness (QED) is 0.846. The number of aryl methyl sites for hydroxylation is 1. The number of carbonyl (C=O) groups is 1. The van der Waals surface area contributed by atoms with Gasteiger partial charge in [0.2, 0.25) is 10.0 Å². The highest BCUT2D eigenvalue weighted by Crippen LogP contribution is 2.18. The Hall–Kier alpha value is -2.25. The minimum absolute atomic E-state index is 0.112. The van der Waals surface area contributed by atoms with Gasteiger partial charge in [0.25, 0.3) is 5.91 Å². The highest BCUT2D eigenvalue weighted by atomic mass is 32.2. The molecule has 2 aromatic rings. The molecule has 1 aromatic heterocycles. The van der Waals surface area contributed by atoms with Crippen LogP contribution in [0.5, 0.6) is 0 Å². The van der Waals surface area contributed by atoms with E-state index in [2.05, 4.69) is 4.98 Å². The zero-order chi connectivity index (χ0) is 17.2. The summed E-state index contributed by atoms with van der Waals surface area (Å²) in [4.78, 5) is 18.5. The molecular formula is C17H19N3O3S. The van der Waals surface area contributed by atoms with Gasteiger partial charge in [0.05, 0.1) is 10.5 Å². The number of pyridine rings is 1. The second-order valence-corrected chi connectivity index (χ2v) is 7.64. The van der Waals surface area contributed by atoms with Gasteiger partial charge >= 0.3 is 0 Å². The first kappa shape index (κ1) is 16.6. The van der Waals surface area contributed by atoms with Crippen LogP contribution in [0.1, 0.15) is 16.1 Å². The van der Waals surface area contributed by atoms with Gasteiger partial charge in [-0.2, -0.15) is 4.31 Å². The topological polar surface area (TPSA) is 70.6 Å². The van der Waals surface area contributed by atoms with E-state index in [1.807, 2.05) is 6.92 Å². The van der Waals surface area contributed by atoms with E-state index in [-0.39, 0.29) is 10.8 Å². The normalized spacial score (nSPS) is 16.1. The average Bonchev–Trinajstić information content (AvgIpc) is 2.62. The summed E-state index contributed by atoms with van der Waals surface area (Å²) in [7, 11) is -3.50. The molecule has 126 valence electrons. The number of hydrogen-bond acceptors (Lipinski definition) is 4. The van der Waals surface area contributed by atoms with Gasteiger partial charge in [-0.05, 0) is 31.2 Å². The van der Waals surface area contributed by atoms with Crippen molar-refractivity contribution >= 4 is 15.9 Å². The number of piperazine rings is 1. The fourth-order valence-electron chi connectivity index (χ4n) is 2.65. The maximum absolute atomic E-state index is 12.6. The Morgan fingerprint density at radius 2 is 1.67 bits per heavy atom. The maximum atomic E-state index is 12.6. The van der Waals surface area contributed by atoms with Crippen molar-refractivity contribution in [2.24, 2.45) is 0 Å². The van der Waals surface area contributed by atoms with Crippen LogP contribution >= 0.6 is 0 Å². The molecule has 0 radical (unpaired) electrons. The van der Waals surface area contributed by atoms with Crippen LogP contribution in [0.15, 0.2) is 53.6 Å². The van der Waals surface area contributed by atoms with Crippen molar-refractivity contribution < 1.29 is 13.2 Å². The number of rotatable bonds is 3. The second-order valence-electron chi connectivity index (χ2n) is 5.70. The average molecular weight is 345 g/mol. The molecule has 6 nitrogen and oxygen atoms in total. The van der Waals surface area contributed by atoms with Crippen molar-refractivity contribution in [3.63, 3.8) is 0 Å². The molecular weight excluding hydrogens is 326 g/mol. The molecule has 0 atom stereocenters. The van der Waals surface area contributed by atoms with E-state index < -0.39 is 10.0 Å². The summed E-state index contributed by atoms with van der Waals surface area (Å²) >= 11 is 0. The summed E-state index contributed by atoms with van der Waals surface area (Å²) in [6.07, 6.45) is 1.56. The van der Waals surface area contributed by atoms with Crippen LogP contribution in [0.3, 0.4) is 0 Å². The van der Waals surface area contributed by atoms with E-state index in [1.165, 1.54) is 4.31 Å². The van der Waals surface area contributed by atoms with Gasteiger partial charge in [-0.25, -0.2) is 8.42 Å². The number of carbonyl (C=O) groups excluding carboxylic acids is 1. The number of benzene rings is 1. The first-order valence-electron chi connectivity index (χ1n) is 7.75. The molecule has 3 rings (SSSR count). The molecule has 0 saturated carbocycles. The van der Waals surface area contributed by atoms with Crippen LogP contribution in [0.25, 0.3) is 0 Å². The van der Waals surface area contributed by atoms with Crippen molar-refractivity contribution in [3.05, 3.63) is 59.9 Å². The summed E-state index contributed by atoms with van der Waals surface area (Å²) in [5.41, 5.74) is 1.38. The Morgan fingerprint density at radius 3 is 2.25 bits per heavy atom. The lowest BCUT2D eigenvalue weighted by molar-refractivity contribution is 0.0697. The minimum atomic E-state index is -3.50. The zero-order valence-electron chi connectivity index (χ0n) is 13.4. The van der Waals surface area contributed by atoms with Crippen LogP contribution < -0.4 is 0 Å². The first-order valence-corrected chi connectivity index (χ1v) is 9.19. The molecule has 1 aliphatic heterocycles. The molecule has 2 heterocycles. The Kier molecular flexibility index (Phi) is 4.64. The van der Waals surface area contributed by atoms with Gasteiger partial charge in [-0.15, -0.1) is 0 Å². The summed E-state index contributed by atoms with van der Waals surface area (Å²) < 4.78 is 26.6. The second kappa shape index (κ2) is 6.70. The SMILES string of the molecule is Cc1ccc(C(=O)N2CCN(S(=O)(=O)c3ccccc3)CC2)cn1. The molecule has 0 bridgehead atoms. The predicted octanol–water partition coefficient (Wildman–Crippen LogP) is 1.54. The molecule has 1 aromatic carbocycles. The predicted molar refractivity (Wildman–Crippen MR) is 90.1 cm³/mol. The molecule has 7 heteroatoms. The summed E-state index contributed by atoms with van der Waals surface area (Å²) in [5, 5.41) is 0. The van der Waals surface area contributed by atoms with Crippen LogP contribution in [-0.4, -0.2) is 54.7 Å². The molecule has 0 N–H and O–H groups in total. The lowest BCUT2D eigenvalue weighted by atomic mass is 10.2. The zero-order valence-corrected chi connectivity index (χ0v) is 14.2. The number of sulfonamides is 1. The smallest absolute Gasteiger partial charge is 0.255 e. The molecule has 24 heavy (non-hydrogen) atoms. The van der Waals surface area contributed by atoms with Gasteiger partial charge in [0.15, 0.2) is 0 Å². The number of amides is 1. The third-order valence-electron chi connectivity index (χ3n) is 4.07. The highest BCUT2D eigenvalue weighted by Gasteiger charge is 2.30. The number of nitrogens with zero attached hydrogens (tertiary/aromatic N) is 3. The van der Waals surface area contributed by atoms with Gasteiger partial charge in [0.1, 0.15) is 0 Å². The van der Waals surface area contributed by atoms with Crippen LogP contribution in [0.4, 0.5) is 0 Å². The minimum Gasteiger partial charge on any atom is -0.336 e. The maximum Gasteiger partial charge on any atom is 0.255 e. The van der Waals surface area contributed by atoms with Gasteiger partial charge in [-0.3, -0.25) is 9.78 Å². The van der Waals surface area contributed by atoms with E-state index in [4.69, 9.17) is 0 Å². The third kappa shape index (κ3) is 3.32. The van der Waals surface area contributed by atoms with Crippen molar-refractivity contribution in [2.45, 2.75) is 11.8 Å². The third-order valence-corrected chi connectivity index (χ3v) is 5.98. The van der Waals surface area contributed by atoms with E-state index in [1.54, 1.807) is 53.6 Å². The first-order chi connectivity index (χ1) is 11.5. The molecule has 1 saturated heterocycles. The lowest BCUT2D eigenvalue weighted by Crippen LogP contribution is -2.50. The summed E-state index contributed by atoms with van der Waals surface area (Å²) in [6.45, 7) is 3.20. The fourth-order valence-corrected chi connectivity index (χ4v) is 4.09. The van der Waals surface area contributed by atoms with Crippen LogP contribution in [-0.2, 0) is 10.0 Å². The van der Waals surface area contributed by atoms with Gasteiger partial charge in [-0.1, -0.05) is 18.2 Å². The van der Waals surface area contributed by atoms with E-state index >= 15 is 0 Å². The van der Waals surface area contributed by atoms with Crippen molar-refractivity contribution in [3.8, 4) is 0 Å². The Bertz CT molecular complexity index is 812. The lowest BCUT2D eigenvalue weighted by Gasteiger charge is -2.34. The molecule has 0 unspecified atom stereocenters. The fraction of sp³-hybridized carbons (Fsp3) is 0.294. The van der Waals surface area contributed by atoms with E-state index in [9.17, 15) is 13.2 Å². The van der Waals surface area contributed by atoms with Crippen molar-refractivity contribution in [2.75, 3.05) is 26.2 Å². The molecule has 1 aliphatic rings. The van der Waals surface area contributed by atoms with Crippen molar-refractivity contribution in [1.82, 2.24) is 14.2 Å². The Labute approximate surface area is 141 Å². The number of aromatic nitrogens is 1. The number of hydrogen-bond donors (Lipinski definition) is 0. The summed E-state index contributed by atoms with van der Waals surface area (Å²) in [5.74, 6) is -0.112. The van der Waals surface area contributed by atoms with E-state index in [0.29, 0.717) is 31.7 Å². The van der Waals surface area contributed by atoms with Crippen LogP contribution in [0, 0.1) is 6.92 Å². The molecule has 0 aliphatic carbocycles. The van der Waals surface area contributed by atoms with Crippen LogP contribution in [0.2, 0.25) is 0 Å². The van der Waals surface area contributed by atoms with E-state index in [0.717, 1.165) is 5.69 Å². The van der Waals surface area contributed by atoms with Gasteiger partial charge < -0.3 is 4.90 Å². The molecule has 0 spiro atoms.